The van der Waals surface area contributed by atoms with Gasteiger partial charge in [0.2, 0.25) is 11.8 Å². The minimum absolute atomic E-state index is 0.0601. The number of carbonyl (C=O) groups is 1. The summed E-state index contributed by atoms with van der Waals surface area (Å²) in [7, 11) is 1.49. The Morgan fingerprint density at radius 3 is 2.32 bits per heavy atom. The molecule has 0 fully saturated rings. The molecule has 10 heteroatoms. The Hall–Kier alpha value is -2.39. The Kier molecular flexibility index (Phi) is 6.54. The second-order valence-electron chi connectivity index (χ2n) is 4.56. The fourth-order valence-electron chi connectivity index (χ4n) is 1.74. The first-order valence-corrected chi connectivity index (χ1v) is 8.96. The van der Waals surface area contributed by atoms with E-state index in [0.717, 1.165) is 0 Å². The molecular weight excluding hydrogens is 372 g/mol. The molecule has 1 aromatic heterocycles. The topological polar surface area (TPSA) is 96.8 Å². The number of methoxy groups -OCH3 is 2. The Morgan fingerprint density at radius 1 is 1.16 bits per heavy atom. The largest absolute Gasteiger partial charge is 0.480 e. The molecule has 2 rings (SSSR count). The number of rotatable bonds is 7. The minimum Gasteiger partial charge on any atom is -0.480 e. The molecule has 0 saturated heterocycles. The highest BCUT2D eigenvalue weighted by Crippen LogP contribution is 2.34. The summed E-state index contributed by atoms with van der Waals surface area (Å²) >= 11 is 6.00. The zero-order chi connectivity index (χ0) is 18.4. The van der Waals surface area contributed by atoms with Gasteiger partial charge in [0.1, 0.15) is 11.3 Å². The summed E-state index contributed by atoms with van der Waals surface area (Å²) in [6, 6.07) is 6.21. The van der Waals surface area contributed by atoms with Gasteiger partial charge in [-0.05, 0) is 12.1 Å². The van der Waals surface area contributed by atoms with Crippen molar-refractivity contribution in [3.05, 3.63) is 34.9 Å². The third-order valence-electron chi connectivity index (χ3n) is 2.82. The zero-order valence-corrected chi connectivity index (χ0v) is 15.2. The highest BCUT2D eigenvalue weighted by molar-refractivity contribution is 7.84. The SMILES string of the molecule is COc1nc(Oc2ccccc2C(=O)OCS(C)=O)nc(OC)c1Cl. The zero-order valence-electron chi connectivity index (χ0n) is 13.6. The van der Waals surface area contributed by atoms with E-state index in [0.29, 0.717) is 0 Å². The van der Waals surface area contributed by atoms with Crippen LogP contribution in [0.4, 0.5) is 0 Å². The molecule has 0 aliphatic heterocycles. The average molecular weight is 387 g/mol. The lowest BCUT2D eigenvalue weighted by atomic mass is 10.2. The van der Waals surface area contributed by atoms with Gasteiger partial charge in [-0.15, -0.1) is 0 Å². The molecule has 1 unspecified atom stereocenters. The van der Waals surface area contributed by atoms with Gasteiger partial charge in [0.05, 0.1) is 25.0 Å². The van der Waals surface area contributed by atoms with Crippen molar-refractivity contribution in [2.75, 3.05) is 26.4 Å². The molecule has 8 nitrogen and oxygen atoms in total. The Bertz CT molecular complexity index is 776. The number of halogens is 1. The van der Waals surface area contributed by atoms with Gasteiger partial charge in [0, 0.05) is 6.26 Å². The first-order valence-electron chi connectivity index (χ1n) is 6.85. The molecule has 0 amide bonds. The third kappa shape index (κ3) is 4.80. The molecule has 2 aromatic rings. The highest BCUT2D eigenvalue weighted by atomic mass is 35.5. The van der Waals surface area contributed by atoms with Crippen molar-refractivity contribution >= 4 is 28.4 Å². The van der Waals surface area contributed by atoms with Crippen LogP contribution >= 0.6 is 11.6 Å². The van der Waals surface area contributed by atoms with Crippen LogP contribution in [0, 0.1) is 0 Å². The standard InChI is InChI=1S/C15H15ClN2O6S/c1-21-12-11(16)13(22-2)18-15(17-12)24-10-7-5-4-6-9(10)14(19)23-8-25(3)20/h4-7H,8H2,1-3H3. The van der Waals surface area contributed by atoms with Crippen molar-refractivity contribution < 1.29 is 28.0 Å². The van der Waals surface area contributed by atoms with E-state index in [1.807, 2.05) is 0 Å². The number of hydrogen-bond acceptors (Lipinski definition) is 8. The van der Waals surface area contributed by atoms with Crippen LogP contribution in [0.2, 0.25) is 5.02 Å². The van der Waals surface area contributed by atoms with Crippen molar-refractivity contribution in [2.45, 2.75) is 0 Å². The summed E-state index contributed by atoms with van der Waals surface area (Å²) < 4.78 is 31.7. The Labute approximate surface area is 151 Å². The van der Waals surface area contributed by atoms with Gasteiger partial charge in [0.15, 0.2) is 11.0 Å². The van der Waals surface area contributed by atoms with Gasteiger partial charge in [0.25, 0.3) is 0 Å². The molecule has 25 heavy (non-hydrogen) atoms. The molecule has 0 spiro atoms. The second kappa shape index (κ2) is 8.63. The maximum Gasteiger partial charge on any atom is 0.342 e. The number of carbonyl (C=O) groups excluding carboxylic acids is 1. The van der Waals surface area contributed by atoms with Crippen LogP contribution in [0.15, 0.2) is 24.3 Å². The molecule has 0 radical (unpaired) electrons. The normalized spacial score (nSPS) is 11.5. The number of benzene rings is 1. The lowest BCUT2D eigenvalue weighted by Gasteiger charge is -2.11. The van der Waals surface area contributed by atoms with Crippen LogP contribution in [0.25, 0.3) is 0 Å². The third-order valence-corrected chi connectivity index (χ3v) is 3.59. The maximum atomic E-state index is 12.1. The average Bonchev–Trinajstić information content (AvgIpc) is 2.61. The summed E-state index contributed by atoms with van der Waals surface area (Å²) in [6.07, 6.45) is 1.43. The van der Waals surface area contributed by atoms with Crippen molar-refractivity contribution in [3.8, 4) is 23.5 Å². The molecule has 1 atom stereocenters. The fourth-order valence-corrected chi connectivity index (χ4v) is 2.25. The van der Waals surface area contributed by atoms with Crippen molar-refractivity contribution in [2.24, 2.45) is 0 Å². The number of ether oxygens (including phenoxy) is 4. The number of hydrogen-bond donors (Lipinski definition) is 0. The summed E-state index contributed by atoms with van der Waals surface area (Å²) in [5.74, 6) is -0.624. The smallest absolute Gasteiger partial charge is 0.342 e. The molecule has 1 aromatic carbocycles. The van der Waals surface area contributed by atoms with Crippen LogP contribution < -0.4 is 14.2 Å². The Morgan fingerprint density at radius 2 is 1.76 bits per heavy atom. The van der Waals surface area contributed by atoms with Gasteiger partial charge in [-0.2, -0.15) is 9.97 Å². The number of nitrogens with zero attached hydrogens (tertiary/aromatic N) is 2. The molecular formula is C15H15ClN2O6S. The van der Waals surface area contributed by atoms with Crippen molar-refractivity contribution in [1.29, 1.82) is 0 Å². The van der Waals surface area contributed by atoms with E-state index in [4.69, 9.17) is 30.5 Å². The maximum absolute atomic E-state index is 12.1. The molecule has 0 aliphatic carbocycles. The van der Waals surface area contributed by atoms with E-state index in [1.165, 1.54) is 32.6 Å². The van der Waals surface area contributed by atoms with Crippen molar-refractivity contribution in [1.82, 2.24) is 9.97 Å². The second-order valence-corrected chi connectivity index (χ2v) is 6.32. The number of aromatic nitrogens is 2. The van der Waals surface area contributed by atoms with Crippen molar-refractivity contribution in [3.63, 3.8) is 0 Å². The van der Waals surface area contributed by atoms with E-state index in [-0.39, 0.29) is 40.0 Å². The highest BCUT2D eigenvalue weighted by Gasteiger charge is 2.19. The first kappa shape index (κ1) is 18.9. The van der Waals surface area contributed by atoms with Gasteiger partial charge in [-0.3, -0.25) is 4.21 Å². The van der Waals surface area contributed by atoms with Gasteiger partial charge in [-0.1, -0.05) is 23.7 Å². The van der Waals surface area contributed by atoms with E-state index >= 15 is 0 Å². The van der Waals surface area contributed by atoms with E-state index < -0.39 is 16.8 Å². The summed E-state index contributed by atoms with van der Waals surface area (Å²) in [6.45, 7) is 0. The van der Waals surface area contributed by atoms with Gasteiger partial charge < -0.3 is 18.9 Å². The molecule has 1 heterocycles. The van der Waals surface area contributed by atoms with Crippen LogP contribution in [0.1, 0.15) is 10.4 Å². The van der Waals surface area contributed by atoms with Crippen LogP contribution in [-0.2, 0) is 15.5 Å². The summed E-state index contributed by atoms with van der Waals surface area (Å²) in [5, 5.41) is 0.0930. The summed E-state index contributed by atoms with van der Waals surface area (Å²) in [4.78, 5) is 20.1. The summed E-state index contributed by atoms with van der Waals surface area (Å²) in [5.41, 5.74) is 0.129. The molecule has 0 bridgehead atoms. The van der Waals surface area contributed by atoms with Gasteiger partial charge >= 0.3 is 12.0 Å². The lowest BCUT2D eigenvalue weighted by molar-refractivity contribution is 0.0572. The number of esters is 1. The monoisotopic (exact) mass is 386 g/mol. The van der Waals surface area contributed by atoms with Crippen LogP contribution in [0.3, 0.4) is 0 Å². The lowest BCUT2D eigenvalue weighted by Crippen LogP contribution is -2.10. The quantitative estimate of drug-likeness (QED) is 0.669. The van der Waals surface area contributed by atoms with E-state index in [1.54, 1.807) is 12.1 Å². The van der Waals surface area contributed by atoms with E-state index in [2.05, 4.69) is 9.97 Å². The molecule has 134 valence electrons. The molecule has 0 aliphatic rings. The van der Waals surface area contributed by atoms with E-state index in [9.17, 15) is 9.00 Å². The minimum atomic E-state index is -1.27. The fraction of sp³-hybridized carbons (Fsp3) is 0.267. The van der Waals surface area contributed by atoms with Crippen LogP contribution in [0.5, 0.6) is 23.5 Å². The molecule has 0 N–H and O–H groups in total. The molecule has 0 saturated carbocycles. The van der Waals surface area contributed by atoms with Gasteiger partial charge in [-0.25, -0.2) is 4.79 Å². The van der Waals surface area contributed by atoms with Crippen LogP contribution in [-0.4, -0.2) is 46.6 Å². The predicted octanol–water partition coefficient (Wildman–Crippen LogP) is 2.43. The number of para-hydroxylation sites is 1. The Balaban J connectivity index is 2.32. The first-order chi connectivity index (χ1) is 12.0. The predicted molar refractivity (Wildman–Crippen MR) is 91.0 cm³/mol.